The van der Waals surface area contributed by atoms with Crippen LogP contribution < -0.4 is 5.32 Å². The standard InChI is InChI=1S/C17H25N5O4S2/c1-9(2)4-5-18-14-11-15(21-17(20-14)28-8-27-3)22(7-19-11)16-13(25)12(24)10(6-23)26-16/h4,7,10,12-13,16,23-25H,5-6,8H2,1-3H3,(H,18,20,21)/t10-,12-,13-,16-/m1/s1. The lowest BCUT2D eigenvalue weighted by molar-refractivity contribution is -0.0511. The van der Waals surface area contributed by atoms with Gasteiger partial charge in [-0.25, -0.2) is 15.0 Å². The van der Waals surface area contributed by atoms with Crippen molar-refractivity contribution in [2.45, 2.75) is 43.5 Å². The molecule has 11 heteroatoms. The lowest BCUT2D eigenvalue weighted by Gasteiger charge is -2.17. The molecule has 4 atom stereocenters. The van der Waals surface area contributed by atoms with Crippen LogP contribution >= 0.6 is 23.5 Å². The van der Waals surface area contributed by atoms with Crippen LogP contribution in [0.2, 0.25) is 0 Å². The number of fused-ring (bicyclic) bond motifs is 1. The van der Waals surface area contributed by atoms with E-state index in [1.807, 2.05) is 26.2 Å². The molecule has 0 saturated carbocycles. The summed E-state index contributed by atoms with van der Waals surface area (Å²) in [6.45, 7) is 4.25. The average molecular weight is 428 g/mol. The second kappa shape index (κ2) is 9.42. The number of imidazole rings is 1. The van der Waals surface area contributed by atoms with Gasteiger partial charge >= 0.3 is 0 Å². The zero-order valence-corrected chi connectivity index (χ0v) is 17.6. The molecule has 28 heavy (non-hydrogen) atoms. The van der Waals surface area contributed by atoms with Crippen LogP contribution in [-0.4, -0.2) is 77.6 Å². The molecule has 154 valence electrons. The molecule has 1 fully saturated rings. The van der Waals surface area contributed by atoms with Crippen LogP contribution in [0.25, 0.3) is 11.2 Å². The normalized spacial score (nSPS) is 24.6. The van der Waals surface area contributed by atoms with Crippen LogP contribution in [0.4, 0.5) is 5.82 Å². The van der Waals surface area contributed by atoms with Crippen LogP contribution in [0.1, 0.15) is 20.1 Å². The fourth-order valence-corrected chi connectivity index (χ4v) is 4.04. The second-order valence-electron chi connectivity index (χ2n) is 6.62. The average Bonchev–Trinajstić information content (AvgIpc) is 3.21. The van der Waals surface area contributed by atoms with Crippen LogP contribution in [0, 0.1) is 0 Å². The highest BCUT2D eigenvalue weighted by molar-refractivity contribution is 8.15. The first-order valence-electron chi connectivity index (χ1n) is 8.82. The Labute approximate surface area is 171 Å². The Morgan fingerprint density at radius 3 is 2.75 bits per heavy atom. The first-order valence-corrected chi connectivity index (χ1v) is 11.2. The van der Waals surface area contributed by atoms with Gasteiger partial charge in [-0.2, -0.15) is 11.8 Å². The van der Waals surface area contributed by atoms with Crippen molar-refractivity contribution in [3.63, 3.8) is 0 Å². The van der Waals surface area contributed by atoms with Gasteiger partial charge in [0.05, 0.1) is 12.9 Å². The first kappa shape index (κ1) is 21.3. The minimum absolute atomic E-state index is 0.388. The molecule has 0 unspecified atom stereocenters. The van der Waals surface area contributed by atoms with E-state index in [9.17, 15) is 15.3 Å². The Bertz CT molecular complexity index is 842. The Balaban J connectivity index is 1.99. The van der Waals surface area contributed by atoms with Crippen LogP contribution in [-0.2, 0) is 4.74 Å². The van der Waals surface area contributed by atoms with Crippen LogP contribution in [0.5, 0.6) is 0 Å². The van der Waals surface area contributed by atoms with Crippen molar-refractivity contribution < 1.29 is 20.1 Å². The monoisotopic (exact) mass is 427 g/mol. The van der Waals surface area contributed by atoms with Gasteiger partial charge in [0.25, 0.3) is 0 Å². The van der Waals surface area contributed by atoms with Gasteiger partial charge in [-0.15, -0.1) is 0 Å². The summed E-state index contributed by atoms with van der Waals surface area (Å²) in [4.78, 5) is 13.5. The predicted molar refractivity (Wildman–Crippen MR) is 110 cm³/mol. The molecule has 0 spiro atoms. The minimum Gasteiger partial charge on any atom is -0.394 e. The molecule has 0 bridgehead atoms. The molecule has 1 aliphatic rings. The van der Waals surface area contributed by atoms with E-state index in [4.69, 9.17) is 4.74 Å². The van der Waals surface area contributed by atoms with Gasteiger partial charge in [0.2, 0.25) is 0 Å². The number of anilines is 1. The summed E-state index contributed by atoms with van der Waals surface area (Å²) in [5.41, 5.74) is 2.23. The number of aromatic nitrogens is 4. The van der Waals surface area contributed by atoms with E-state index in [0.717, 1.165) is 5.08 Å². The smallest absolute Gasteiger partial charge is 0.192 e. The topological polar surface area (TPSA) is 126 Å². The van der Waals surface area contributed by atoms with E-state index < -0.39 is 24.5 Å². The minimum atomic E-state index is -1.20. The summed E-state index contributed by atoms with van der Waals surface area (Å²) in [6.07, 6.45) is 1.42. The number of ether oxygens (including phenoxy) is 1. The third-order valence-electron chi connectivity index (χ3n) is 4.28. The van der Waals surface area contributed by atoms with Crippen molar-refractivity contribution >= 4 is 40.5 Å². The van der Waals surface area contributed by atoms with E-state index in [1.165, 1.54) is 23.7 Å². The third-order valence-corrected chi connectivity index (χ3v) is 6.13. The highest BCUT2D eigenvalue weighted by Gasteiger charge is 2.44. The number of rotatable bonds is 8. The van der Waals surface area contributed by atoms with Crippen molar-refractivity contribution in [3.8, 4) is 0 Å². The summed E-state index contributed by atoms with van der Waals surface area (Å²) in [5, 5.41) is 34.4. The second-order valence-corrected chi connectivity index (χ2v) is 8.79. The molecular formula is C17H25N5O4S2. The maximum absolute atomic E-state index is 10.4. The molecule has 1 aliphatic heterocycles. The summed E-state index contributed by atoms with van der Waals surface area (Å²) in [7, 11) is 0. The summed E-state index contributed by atoms with van der Waals surface area (Å²) in [6, 6.07) is 0. The lowest BCUT2D eigenvalue weighted by atomic mass is 10.1. The Morgan fingerprint density at radius 1 is 1.32 bits per heavy atom. The van der Waals surface area contributed by atoms with Crippen LogP contribution in [0.3, 0.4) is 0 Å². The van der Waals surface area contributed by atoms with Gasteiger partial charge in [-0.05, 0) is 20.1 Å². The molecule has 0 aliphatic carbocycles. The number of hydrogen-bond donors (Lipinski definition) is 4. The van der Waals surface area contributed by atoms with E-state index in [1.54, 1.807) is 16.3 Å². The number of thioether (sulfide) groups is 2. The zero-order chi connectivity index (χ0) is 20.3. The molecular weight excluding hydrogens is 402 g/mol. The number of allylic oxidation sites excluding steroid dienone is 1. The quantitative estimate of drug-likeness (QED) is 0.211. The van der Waals surface area contributed by atoms with Crippen molar-refractivity contribution in [2.24, 2.45) is 0 Å². The van der Waals surface area contributed by atoms with E-state index >= 15 is 0 Å². The Kier molecular flexibility index (Phi) is 7.18. The predicted octanol–water partition coefficient (Wildman–Crippen LogP) is 1.23. The fraction of sp³-hybridized carbons (Fsp3) is 0.588. The van der Waals surface area contributed by atoms with Gasteiger partial charge in [0, 0.05) is 11.6 Å². The van der Waals surface area contributed by atoms with Crippen molar-refractivity contribution in [1.29, 1.82) is 0 Å². The molecule has 2 aromatic rings. The zero-order valence-electron chi connectivity index (χ0n) is 15.9. The van der Waals surface area contributed by atoms with Crippen molar-refractivity contribution in [3.05, 3.63) is 18.0 Å². The molecule has 3 heterocycles. The lowest BCUT2D eigenvalue weighted by Crippen LogP contribution is -2.33. The molecule has 0 amide bonds. The molecule has 3 rings (SSSR count). The Morgan fingerprint density at radius 2 is 2.11 bits per heavy atom. The number of nitrogens with one attached hydrogen (secondary N) is 1. The maximum Gasteiger partial charge on any atom is 0.192 e. The van der Waals surface area contributed by atoms with Gasteiger partial charge in [-0.3, -0.25) is 4.57 Å². The van der Waals surface area contributed by atoms with Gasteiger partial charge < -0.3 is 25.4 Å². The van der Waals surface area contributed by atoms with E-state index in [-0.39, 0.29) is 6.61 Å². The highest BCUT2D eigenvalue weighted by Crippen LogP contribution is 2.33. The van der Waals surface area contributed by atoms with Crippen molar-refractivity contribution in [1.82, 2.24) is 19.5 Å². The number of aliphatic hydroxyl groups excluding tert-OH is 3. The number of nitrogens with zero attached hydrogens (tertiary/aromatic N) is 4. The maximum atomic E-state index is 10.4. The molecule has 4 N–H and O–H groups in total. The molecule has 2 aromatic heterocycles. The van der Waals surface area contributed by atoms with Gasteiger partial charge in [0.1, 0.15) is 18.3 Å². The highest BCUT2D eigenvalue weighted by atomic mass is 32.2. The van der Waals surface area contributed by atoms with E-state index in [2.05, 4.69) is 20.3 Å². The largest absolute Gasteiger partial charge is 0.394 e. The Hall–Kier alpha value is -1.37. The summed E-state index contributed by atoms with van der Waals surface area (Å²) < 4.78 is 7.21. The van der Waals surface area contributed by atoms with Gasteiger partial charge in [-0.1, -0.05) is 23.4 Å². The number of hydrogen-bond acceptors (Lipinski definition) is 10. The summed E-state index contributed by atoms with van der Waals surface area (Å²) in [5.74, 6) is 0.594. The van der Waals surface area contributed by atoms with Crippen molar-refractivity contribution in [2.75, 3.05) is 29.8 Å². The van der Waals surface area contributed by atoms with Crippen LogP contribution in [0.15, 0.2) is 23.1 Å². The third kappa shape index (κ3) is 4.44. The SMILES string of the molecule is CSCSc1nc(NCC=C(C)C)c2ncn([C@@H]3O[C@H](CO)[C@@H](O)[C@H]3O)c2n1. The molecule has 0 aromatic carbocycles. The molecule has 9 nitrogen and oxygen atoms in total. The fourth-order valence-electron chi connectivity index (χ4n) is 2.84. The van der Waals surface area contributed by atoms with Gasteiger partial charge in [0.15, 0.2) is 28.4 Å². The number of aliphatic hydroxyl groups is 3. The summed E-state index contributed by atoms with van der Waals surface area (Å²) >= 11 is 3.17. The molecule has 0 radical (unpaired) electrons. The van der Waals surface area contributed by atoms with E-state index in [0.29, 0.717) is 28.7 Å². The first-order chi connectivity index (χ1) is 13.5. The molecule has 1 saturated heterocycles.